The number of unbranched alkanes of at least 4 members (excludes halogenated alkanes) is 1. The maximum atomic E-state index is 12.4. The Morgan fingerprint density at radius 3 is 2.52 bits per heavy atom. The van der Waals surface area contributed by atoms with Crippen molar-refractivity contribution in [3.8, 4) is 6.07 Å². The summed E-state index contributed by atoms with van der Waals surface area (Å²) in [5, 5.41) is 20.4. The van der Waals surface area contributed by atoms with Crippen LogP contribution >= 0.6 is 23.2 Å². The quantitative estimate of drug-likeness (QED) is 0.520. The molecule has 4 unspecified atom stereocenters. The van der Waals surface area contributed by atoms with Crippen LogP contribution in [0.1, 0.15) is 51.0 Å². The van der Waals surface area contributed by atoms with Crippen LogP contribution in [0.4, 0.5) is 13.2 Å². The van der Waals surface area contributed by atoms with Crippen LogP contribution in [0.5, 0.6) is 0 Å². The number of carboxylic acid groups (broad SMARTS) is 1. The molecule has 0 aromatic heterocycles. The Labute approximate surface area is 177 Å². The first kappa shape index (κ1) is 23.5. The van der Waals surface area contributed by atoms with E-state index in [1.54, 1.807) is 19.1 Å². The number of nitrogens with zero attached hydrogens (tertiary/aromatic N) is 2. The minimum Gasteiger partial charge on any atom is -0.481 e. The van der Waals surface area contributed by atoms with Gasteiger partial charge >= 0.3 is 12.1 Å². The predicted molar refractivity (Wildman–Crippen MR) is 105 cm³/mol. The summed E-state index contributed by atoms with van der Waals surface area (Å²) in [4.78, 5) is 16.8. The molecular formula is C20H21Cl2F3N2O2. The summed E-state index contributed by atoms with van der Waals surface area (Å²) in [5.41, 5.74) is -0.611. The molecule has 1 heterocycles. The molecule has 4 atom stereocenters. The Kier molecular flexibility index (Phi) is 7.23. The molecule has 0 aliphatic carbocycles. The summed E-state index contributed by atoms with van der Waals surface area (Å²) >= 11 is 12.3. The Morgan fingerprint density at radius 1 is 1.34 bits per heavy atom. The fourth-order valence-corrected chi connectivity index (χ4v) is 4.51. The highest BCUT2D eigenvalue weighted by atomic mass is 35.5. The molecule has 2 rings (SSSR count). The number of alkyl halides is 3. The van der Waals surface area contributed by atoms with Gasteiger partial charge in [0.15, 0.2) is 0 Å². The van der Waals surface area contributed by atoms with Crippen molar-refractivity contribution >= 4 is 34.9 Å². The van der Waals surface area contributed by atoms with Crippen LogP contribution in [0.3, 0.4) is 0 Å². The fourth-order valence-electron chi connectivity index (χ4n) is 3.98. The topological polar surface area (TPSA) is 73.4 Å². The normalized spacial score (nSPS) is 27.2. The average Bonchev–Trinajstić information content (AvgIpc) is 2.60. The number of carboxylic acids is 1. The molecule has 9 heteroatoms. The maximum absolute atomic E-state index is 12.4. The molecule has 0 saturated carbocycles. The van der Waals surface area contributed by atoms with E-state index in [1.807, 2.05) is 0 Å². The zero-order valence-electron chi connectivity index (χ0n) is 15.9. The van der Waals surface area contributed by atoms with Crippen LogP contribution in [-0.4, -0.2) is 29.0 Å². The Bertz CT molecular complexity index is 851. The summed E-state index contributed by atoms with van der Waals surface area (Å²) < 4.78 is 37.3. The number of aliphatic carboxylic acids is 1. The number of halogens is 5. The van der Waals surface area contributed by atoms with E-state index in [0.29, 0.717) is 16.3 Å². The number of nitriles is 1. The molecule has 0 fully saturated rings. The lowest BCUT2D eigenvalue weighted by atomic mass is 9.60. The van der Waals surface area contributed by atoms with Crippen LogP contribution in [0.25, 0.3) is 0 Å². The van der Waals surface area contributed by atoms with Gasteiger partial charge in [0, 0.05) is 28.1 Å². The van der Waals surface area contributed by atoms with Crippen molar-refractivity contribution in [2.75, 3.05) is 0 Å². The predicted octanol–water partition coefficient (Wildman–Crippen LogP) is 6.27. The molecule has 1 aromatic rings. The lowest BCUT2D eigenvalue weighted by Crippen LogP contribution is -2.51. The van der Waals surface area contributed by atoms with E-state index < -0.39 is 41.9 Å². The van der Waals surface area contributed by atoms with Gasteiger partial charge in [-0.2, -0.15) is 18.4 Å². The van der Waals surface area contributed by atoms with Gasteiger partial charge in [-0.25, -0.2) is 0 Å². The summed E-state index contributed by atoms with van der Waals surface area (Å²) in [6.45, 7) is 3.12. The van der Waals surface area contributed by atoms with Gasteiger partial charge in [0.05, 0.1) is 23.4 Å². The average molecular weight is 449 g/mol. The van der Waals surface area contributed by atoms with Crippen LogP contribution in [0.15, 0.2) is 23.2 Å². The van der Waals surface area contributed by atoms with Crippen molar-refractivity contribution < 1.29 is 23.1 Å². The number of hydrogen-bond acceptors (Lipinski definition) is 3. The summed E-state index contributed by atoms with van der Waals surface area (Å²) in [7, 11) is 0. The number of carbonyl (C=O) groups is 1. The standard InChI is InChI=1S/C20H21Cl2F3N2O2/c1-11-14(10-26)17(13-7-6-12(21)9-15(13)22)19(2,18(28)29)16(27-11)5-3-4-8-20(23,24)25/h6-7,9,14,16-17H,3-5,8H2,1-2H3,(H,28,29). The molecule has 0 spiro atoms. The second-order valence-electron chi connectivity index (χ2n) is 7.49. The summed E-state index contributed by atoms with van der Waals surface area (Å²) in [6.07, 6.45) is -4.97. The zero-order valence-corrected chi connectivity index (χ0v) is 17.4. The van der Waals surface area contributed by atoms with E-state index in [1.165, 1.54) is 13.0 Å². The second-order valence-corrected chi connectivity index (χ2v) is 8.33. The van der Waals surface area contributed by atoms with E-state index in [4.69, 9.17) is 23.2 Å². The molecule has 4 nitrogen and oxygen atoms in total. The van der Waals surface area contributed by atoms with Crippen molar-refractivity contribution in [1.82, 2.24) is 0 Å². The molecule has 0 radical (unpaired) electrons. The fraction of sp³-hybridized carbons (Fsp3) is 0.550. The van der Waals surface area contributed by atoms with Crippen molar-refractivity contribution in [3.63, 3.8) is 0 Å². The minimum absolute atomic E-state index is 0.113. The Balaban J connectivity index is 2.46. The van der Waals surface area contributed by atoms with Crippen molar-refractivity contribution in [2.24, 2.45) is 16.3 Å². The van der Waals surface area contributed by atoms with E-state index in [-0.39, 0.29) is 24.3 Å². The Hall–Kier alpha value is -1.78. The molecule has 158 valence electrons. The highest BCUT2D eigenvalue weighted by molar-refractivity contribution is 6.35. The first-order chi connectivity index (χ1) is 13.4. The molecule has 1 N–H and O–H groups in total. The highest BCUT2D eigenvalue weighted by Gasteiger charge is 2.55. The Morgan fingerprint density at radius 2 is 2.00 bits per heavy atom. The largest absolute Gasteiger partial charge is 0.481 e. The number of aliphatic imine (C=N–C) groups is 1. The van der Waals surface area contributed by atoms with Crippen molar-refractivity contribution in [3.05, 3.63) is 33.8 Å². The van der Waals surface area contributed by atoms with Gasteiger partial charge in [0.25, 0.3) is 0 Å². The van der Waals surface area contributed by atoms with Crippen LogP contribution in [0, 0.1) is 22.7 Å². The van der Waals surface area contributed by atoms with Gasteiger partial charge < -0.3 is 5.11 Å². The third kappa shape index (κ3) is 5.04. The van der Waals surface area contributed by atoms with Crippen molar-refractivity contribution in [2.45, 2.75) is 57.7 Å². The molecule has 0 amide bonds. The molecule has 1 aromatic carbocycles. The molecule has 1 aliphatic heterocycles. The third-order valence-electron chi connectivity index (χ3n) is 5.57. The van der Waals surface area contributed by atoms with E-state index >= 15 is 0 Å². The summed E-state index contributed by atoms with van der Waals surface area (Å²) in [6, 6.07) is 5.99. The third-order valence-corrected chi connectivity index (χ3v) is 6.13. The molecule has 1 aliphatic rings. The SMILES string of the molecule is CC1=NC(CCCCC(F)(F)F)C(C)(C(=O)O)C(c2ccc(Cl)cc2Cl)C1C#N. The lowest BCUT2D eigenvalue weighted by Gasteiger charge is -2.45. The van der Waals surface area contributed by atoms with Gasteiger partial charge in [-0.15, -0.1) is 0 Å². The van der Waals surface area contributed by atoms with Gasteiger partial charge in [-0.1, -0.05) is 35.7 Å². The van der Waals surface area contributed by atoms with Gasteiger partial charge in [0.1, 0.15) is 0 Å². The molecule has 0 saturated heterocycles. The maximum Gasteiger partial charge on any atom is 0.389 e. The van der Waals surface area contributed by atoms with Crippen LogP contribution < -0.4 is 0 Å². The zero-order chi connectivity index (χ0) is 22.0. The van der Waals surface area contributed by atoms with Gasteiger partial charge in [-0.05, 0) is 44.4 Å². The monoisotopic (exact) mass is 448 g/mol. The van der Waals surface area contributed by atoms with Crippen molar-refractivity contribution in [1.29, 1.82) is 5.26 Å². The first-order valence-electron chi connectivity index (χ1n) is 9.10. The number of benzene rings is 1. The summed E-state index contributed by atoms with van der Waals surface area (Å²) in [5.74, 6) is -2.83. The molecule has 0 bridgehead atoms. The molecule has 29 heavy (non-hydrogen) atoms. The van der Waals surface area contributed by atoms with Gasteiger partial charge in [0.2, 0.25) is 0 Å². The first-order valence-corrected chi connectivity index (χ1v) is 9.86. The van der Waals surface area contributed by atoms with E-state index in [0.717, 1.165) is 0 Å². The second kappa shape index (κ2) is 8.93. The lowest BCUT2D eigenvalue weighted by molar-refractivity contribution is -0.152. The smallest absolute Gasteiger partial charge is 0.389 e. The minimum atomic E-state index is -4.26. The van der Waals surface area contributed by atoms with Crippen LogP contribution in [-0.2, 0) is 4.79 Å². The highest BCUT2D eigenvalue weighted by Crippen LogP contribution is 2.51. The number of hydrogen-bond donors (Lipinski definition) is 1. The van der Waals surface area contributed by atoms with Gasteiger partial charge in [-0.3, -0.25) is 9.79 Å². The molecular weight excluding hydrogens is 428 g/mol. The van der Waals surface area contributed by atoms with Crippen LogP contribution in [0.2, 0.25) is 10.0 Å². The number of rotatable bonds is 6. The van der Waals surface area contributed by atoms with E-state index in [2.05, 4.69) is 11.1 Å². The van der Waals surface area contributed by atoms with E-state index in [9.17, 15) is 28.3 Å².